The summed E-state index contributed by atoms with van der Waals surface area (Å²) < 4.78 is 2.81. The Morgan fingerprint density at radius 3 is 2.73 bits per heavy atom. The minimum Gasteiger partial charge on any atom is -0.480 e. The molecule has 2 heterocycles. The predicted molar refractivity (Wildman–Crippen MR) is 76.1 cm³/mol. The lowest BCUT2D eigenvalue weighted by molar-refractivity contribution is -0.137. The third-order valence-corrected chi connectivity index (χ3v) is 2.96. The van der Waals surface area contributed by atoms with Crippen molar-refractivity contribution in [3.8, 4) is 0 Å². The van der Waals surface area contributed by atoms with Gasteiger partial charge in [0.2, 0.25) is 0 Å². The smallest absolute Gasteiger partial charge is 0.325 e. The fourth-order valence-electron chi connectivity index (χ4n) is 2.01. The number of nitrogens with zero attached hydrogens (tertiary/aromatic N) is 5. The van der Waals surface area contributed by atoms with Gasteiger partial charge in [-0.1, -0.05) is 19.1 Å². The van der Waals surface area contributed by atoms with Crippen LogP contribution in [-0.4, -0.2) is 41.8 Å². The second-order valence-corrected chi connectivity index (χ2v) is 5.24. The van der Waals surface area contributed by atoms with Crippen LogP contribution < -0.4 is 5.32 Å². The first-order valence-corrected chi connectivity index (χ1v) is 6.79. The van der Waals surface area contributed by atoms with Crippen LogP contribution in [0.15, 0.2) is 12.4 Å². The summed E-state index contributed by atoms with van der Waals surface area (Å²) in [5.74, 6) is -1.11. The number of carboxylic acid groups (broad SMARTS) is 1. The molecule has 0 aromatic carbocycles. The number of hydrogen-bond acceptors (Lipinski definition) is 5. The van der Waals surface area contributed by atoms with Gasteiger partial charge in [0.25, 0.3) is 5.91 Å². The summed E-state index contributed by atoms with van der Waals surface area (Å²) in [5.41, 5.74) is 1.74. The Morgan fingerprint density at radius 2 is 2.09 bits per heavy atom. The zero-order valence-corrected chi connectivity index (χ0v) is 12.6. The summed E-state index contributed by atoms with van der Waals surface area (Å²) in [6, 6.07) is 0. The Morgan fingerprint density at radius 1 is 1.36 bits per heavy atom. The van der Waals surface area contributed by atoms with Gasteiger partial charge in [0.15, 0.2) is 0 Å². The largest absolute Gasteiger partial charge is 0.480 e. The summed E-state index contributed by atoms with van der Waals surface area (Å²) in [7, 11) is 1.76. The number of hydrogen-bond donors (Lipinski definition) is 2. The molecular weight excluding hydrogens is 288 g/mol. The van der Waals surface area contributed by atoms with Gasteiger partial charge in [-0.15, -0.1) is 5.10 Å². The minimum atomic E-state index is -1.00. The molecule has 0 fully saturated rings. The van der Waals surface area contributed by atoms with Crippen LogP contribution >= 0.6 is 0 Å². The van der Waals surface area contributed by atoms with Gasteiger partial charge in [0.1, 0.15) is 12.2 Å². The van der Waals surface area contributed by atoms with Crippen LogP contribution in [0.5, 0.6) is 0 Å². The normalized spacial score (nSPS) is 10.9. The molecule has 0 bridgehead atoms. The fourth-order valence-corrected chi connectivity index (χ4v) is 2.01. The van der Waals surface area contributed by atoms with E-state index in [1.54, 1.807) is 17.9 Å². The average molecular weight is 306 g/mol. The number of aryl methyl sites for hydroxylation is 1. The Kier molecular flexibility index (Phi) is 4.54. The van der Waals surface area contributed by atoms with Crippen LogP contribution in [0, 0.1) is 0 Å². The molecule has 0 aliphatic carbocycles. The van der Waals surface area contributed by atoms with E-state index in [0.717, 1.165) is 5.69 Å². The third-order valence-electron chi connectivity index (χ3n) is 2.96. The van der Waals surface area contributed by atoms with Crippen LogP contribution in [0.4, 0.5) is 0 Å². The Hall–Kier alpha value is -2.71. The van der Waals surface area contributed by atoms with Crippen molar-refractivity contribution in [3.05, 3.63) is 29.3 Å². The van der Waals surface area contributed by atoms with E-state index < -0.39 is 5.97 Å². The quantitative estimate of drug-likeness (QED) is 0.785. The molecule has 0 radical (unpaired) electrons. The van der Waals surface area contributed by atoms with Crippen LogP contribution in [0.3, 0.4) is 0 Å². The van der Waals surface area contributed by atoms with E-state index in [1.807, 2.05) is 13.8 Å². The molecule has 1 amide bonds. The molecular formula is C13H18N6O3. The number of carboxylic acids is 1. The third kappa shape index (κ3) is 3.68. The number of aliphatic carboxylic acids is 1. The summed E-state index contributed by atoms with van der Waals surface area (Å²) >= 11 is 0. The maximum Gasteiger partial charge on any atom is 0.325 e. The van der Waals surface area contributed by atoms with E-state index in [9.17, 15) is 9.59 Å². The van der Waals surface area contributed by atoms with Crippen molar-refractivity contribution in [2.24, 2.45) is 7.05 Å². The van der Waals surface area contributed by atoms with Crippen LogP contribution in [0.2, 0.25) is 0 Å². The van der Waals surface area contributed by atoms with Crippen LogP contribution in [-0.2, 0) is 24.9 Å². The number of aromatic nitrogens is 5. The lowest BCUT2D eigenvalue weighted by atomic mass is 10.1. The van der Waals surface area contributed by atoms with E-state index in [2.05, 4.69) is 20.7 Å². The molecule has 2 N–H and O–H groups in total. The highest BCUT2D eigenvalue weighted by molar-refractivity contribution is 5.95. The lowest BCUT2D eigenvalue weighted by Crippen LogP contribution is -2.24. The Labute approximate surface area is 126 Å². The molecule has 22 heavy (non-hydrogen) atoms. The molecule has 0 aliphatic rings. The van der Waals surface area contributed by atoms with Crippen LogP contribution in [0.1, 0.15) is 41.5 Å². The first-order valence-electron chi connectivity index (χ1n) is 6.79. The van der Waals surface area contributed by atoms with Crippen molar-refractivity contribution in [3.63, 3.8) is 0 Å². The van der Waals surface area contributed by atoms with Crippen molar-refractivity contribution in [1.29, 1.82) is 0 Å². The van der Waals surface area contributed by atoms with Gasteiger partial charge in [-0.3, -0.25) is 14.3 Å². The SMILES string of the molecule is CC(C)c1nn(C)cc1C(=O)NCc1cn(CC(=O)O)nn1. The second-order valence-electron chi connectivity index (χ2n) is 5.24. The zero-order chi connectivity index (χ0) is 16.3. The monoisotopic (exact) mass is 306 g/mol. The Bertz CT molecular complexity index is 688. The van der Waals surface area contributed by atoms with Gasteiger partial charge in [-0.2, -0.15) is 5.10 Å². The van der Waals surface area contributed by atoms with Crippen molar-refractivity contribution < 1.29 is 14.7 Å². The highest BCUT2D eigenvalue weighted by Gasteiger charge is 2.18. The van der Waals surface area contributed by atoms with Gasteiger partial charge in [-0.25, -0.2) is 4.68 Å². The number of carbonyl (C=O) groups is 2. The predicted octanol–water partition coefficient (Wildman–Crippen LogP) is 0.150. The molecule has 2 aromatic rings. The molecule has 0 saturated heterocycles. The molecule has 0 aliphatic heterocycles. The molecule has 0 saturated carbocycles. The number of carbonyl (C=O) groups excluding carboxylic acids is 1. The molecule has 118 valence electrons. The van der Waals surface area contributed by atoms with Gasteiger partial charge in [-0.05, 0) is 5.92 Å². The van der Waals surface area contributed by atoms with Gasteiger partial charge >= 0.3 is 5.97 Å². The van der Waals surface area contributed by atoms with E-state index in [4.69, 9.17) is 5.11 Å². The van der Waals surface area contributed by atoms with Crippen molar-refractivity contribution >= 4 is 11.9 Å². The average Bonchev–Trinajstić information content (AvgIpc) is 3.02. The van der Waals surface area contributed by atoms with Gasteiger partial charge in [0, 0.05) is 13.2 Å². The maximum absolute atomic E-state index is 12.2. The molecule has 9 nitrogen and oxygen atoms in total. The van der Waals surface area contributed by atoms with Crippen molar-refractivity contribution in [1.82, 2.24) is 30.1 Å². The Balaban J connectivity index is 2.01. The fraction of sp³-hybridized carbons (Fsp3) is 0.462. The number of amides is 1. The summed E-state index contributed by atoms with van der Waals surface area (Å²) in [4.78, 5) is 22.8. The maximum atomic E-state index is 12.2. The standard InChI is InChI=1S/C13H18N6O3/c1-8(2)12-10(6-18(3)16-12)13(22)14-4-9-5-19(17-15-9)7-11(20)21/h5-6,8H,4,7H2,1-3H3,(H,14,22)(H,20,21). The van der Waals surface area contributed by atoms with E-state index in [-0.39, 0.29) is 24.9 Å². The molecule has 9 heteroatoms. The molecule has 2 rings (SSSR count). The molecule has 0 spiro atoms. The number of nitrogens with one attached hydrogen (secondary N) is 1. The lowest BCUT2D eigenvalue weighted by Gasteiger charge is -2.05. The zero-order valence-electron chi connectivity index (χ0n) is 12.6. The first-order chi connectivity index (χ1) is 10.4. The van der Waals surface area contributed by atoms with Crippen LogP contribution in [0.25, 0.3) is 0 Å². The van der Waals surface area contributed by atoms with Crippen molar-refractivity contribution in [2.75, 3.05) is 0 Å². The molecule has 2 aromatic heterocycles. The summed E-state index contributed by atoms with van der Waals surface area (Å²) in [6.45, 7) is 3.85. The van der Waals surface area contributed by atoms with Gasteiger partial charge in [0.05, 0.1) is 24.0 Å². The summed E-state index contributed by atoms with van der Waals surface area (Å²) in [5, 5.41) is 23.2. The number of rotatable bonds is 6. The van der Waals surface area contributed by atoms with Gasteiger partial charge < -0.3 is 10.4 Å². The highest BCUT2D eigenvalue weighted by atomic mass is 16.4. The summed E-state index contributed by atoms with van der Waals surface area (Å²) in [6.07, 6.45) is 3.16. The van der Waals surface area contributed by atoms with E-state index in [1.165, 1.54) is 10.9 Å². The van der Waals surface area contributed by atoms with E-state index >= 15 is 0 Å². The molecule has 0 atom stereocenters. The first kappa shape index (κ1) is 15.7. The van der Waals surface area contributed by atoms with E-state index in [0.29, 0.717) is 11.3 Å². The molecule has 0 unspecified atom stereocenters. The van der Waals surface area contributed by atoms with Crippen molar-refractivity contribution in [2.45, 2.75) is 32.9 Å². The highest BCUT2D eigenvalue weighted by Crippen LogP contribution is 2.17. The topological polar surface area (TPSA) is 115 Å². The second kappa shape index (κ2) is 6.37. The minimum absolute atomic E-state index is 0.137.